The molecule has 1 unspecified atom stereocenters. The second kappa shape index (κ2) is 8.76. The Hall–Kier alpha value is -2.28. The maximum Gasteiger partial charge on any atom is 0.263 e. The lowest BCUT2D eigenvalue weighted by atomic mass is 10.1. The fourth-order valence-corrected chi connectivity index (χ4v) is 1.70. The molecule has 20 heavy (non-hydrogen) atoms. The number of unbranched alkanes of at least 4 members (excludes halogenated alkanes) is 1. The van der Waals surface area contributed by atoms with Crippen LogP contribution < -0.4 is 10.6 Å². The van der Waals surface area contributed by atoms with Crippen molar-refractivity contribution in [3.8, 4) is 6.07 Å². The van der Waals surface area contributed by atoms with Crippen molar-refractivity contribution in [2.75, 3.05) is 6.54 Å². The third-order valence-corrected chi connectivity index (χ3v) is 2.93. The van der Waals surface area contributed by atoms with Crippen molar-refractivity contribution in [3.05, 3.63) is 47.7 Å². The molecule has 0 aliphatic heterocycles. The lowest BCUT2D eigenvalue weighted by Crippen LogP contribution is -2.28. The van der Waals surface area contributed by atoms with Gasteiger partial charge < -0.3 is 10.6 Å². The van der Waals surface area contributed by atoms with Crippen molar-refractivity contribution >= 4 is 5.91 Å². The summed E-state index contributed by atoms with van der Waals surface area (Å²) in [5.41, 5.74) is 1.11. The zero-order chi connectivity index (χ0) is 14.8. The van der Waals surface area contributed by atoms with Crippen LogP contribution in [-0.4, -0.2) is 12.5 Å². The van der Waals surface area contributed by atoms with E-state index in [9.17, 15) is 4.79 Å². The van der Waals surface area contributed by atoms with Crippen molar-refractivity contribution in [1.82, 2.24) is 10.6 Å². The largest absolute Gasteiger partial charge is 0.390 e. The maximum absolute atomic E-state index is 12.0. The average molecular weight is 271 g/mol. The van der Waals surface area contributed by atoms with Crippen LogP contribution in [0.4, 0.5) is 0 Å². The van der Waals surface area contributed by atoms with E-state index >= 15 is 0 Å². The highest BCUT2D eigenvalue weighted by Crippen LogP contribution is 2.11. The first-order valence-electron chi connectivity index (χ1n) is 6.88. The molecule has 1 aromatic carbocycles. The zero-order valence-corrected chi connectivity index (χ0v) is 12.0. The Bertz CT molecular complexity index is 488. The summed E-state index contributed by atoms with van der Waals surface area (Å²) in [6.07, 6.45) is 3.57. The van der Waals surface area contributed by atoms with Crippen LogP contribution in [0.1, 0.15) is 38.3 Å². The molecule has 0 saturated carbocycles. The first-order valence-corrected chi connectivity index (χ1v) is 6.88. The molecule has 4 heteroatoms. The number of nitrogens with zero attached hydrogens (tertiary/aromatic N) is 1. The number of carbonyl (C=O) groups excluding carboxylic acids is 1. The fourth-order valence-electron chi connectivity index (χ4n) is 1.70. The van der Waals surface area contributed by atoms with E-state index < -0.39 is 0 Å². The first-order chi connectivity index (χ1) is 9.69. The number of amides is 1. The van der Waals surface area contributed by atoms with Crippen molar-refractivity contribution < 1.29 is 4.79 Å². The summed E-state index contributed by atoms with van der Waals surface area (Å²) in [7, 11) is 0. The number of hydrogen-bond donors (Lipinski definition) is 2. The topological polar surface area (TPSA) is 64.9 Å². The minimum absolute atomic E-state index is 0.101. The van der Waals surface area contributed by atoms with Gasteiger partial charge in [0.1, 0.15) is 11.6 Å². The molecule has 2 N–H and O–H groups in total. The van der Waals surface area contributed by atoms with Crippen LogP contribution in [0.2, 0.25) is 0 Å². The molecule has 0 heterocycles. The van der Waals surface area contributed by atoms with Gasteiger partial charge in [-0.3, -0.25) is 4.79 Å². The number of rotatable bonds is 7. The molecular weight excluding hydrogens is 250 g/mol. The van der Waals surface area contributed by atoms with Gasteiger partial charge in [0.15, 0.2) is 0 Å². The molecule has 1 aromatic rings. The summed E-state index contributed by atoms with van der Waals surface area (Å²) < 4.78 is 0. The van der Waals surface area contributed by atoms with E-state index in [4.69, 9.17) is 5.26 Å². The smallest absolute Gasteiger partial charge is 0.263 e. The first kappa shape index (κ1) is 15.8. The third-order valence-electron chi connectivity index (χ3n) is 2.93. The van der Waals surface area contributed by atoms with E-state index in [1.807, 2.05) is 43.3 Å². The van der Waals surface area contributed by atoms with Gasteiger partial charge in [-0.2, -0.15) is 5.26 Å². The van der Waals surface area contributed by atoms with Gasteiger partial charge in [-0.05, 0) is 18.9 Å². The van der Waals surface area contributed by atoms with Gasteiger partial charge in [0.05, 0.1) is 6.04 Å². The number of hydrogen-bond acceptors (Lipinski definition) is 3. The van der Waals surface area contributed by atoms with Crippen LogP contribution >= 0.6 is 0 Å². The van der Waals surface area contributed by atoms with Gasteiger partial charge in [0.2, 0.25) is 0 Å². The van der Waals surface area contributed by atoms with Crippen LogP contribution in [-0.2, 0) is 4.79 Å². The Morgan fingerprint density at radius 1 is 1.40 bits per heavy atom. The molecule has 0 aromatic heterocycles. The fraction of sp³-hybridized carbons (Fsp3) is 0.375. The van der Waals surface area contributed by atoms with Crippen molar-refractivity contribution in [3.63, 3.8) is 0 Å². The number of nitriles is 1. The van der Waals surface area contributed by atoms with Crippen LogP contribution in [0, 0.1) is 11.3 Å². The Kier molecular flexibility index (Phi) is 6.91. The van der Waals surface area contributed by atoms with E-state index in [1.165, 1.54) is 6.20 Å². The molecule has 0 bridgehead atoms. The molecule has 1 atom stereocenters. The van der Waals surface area contributed by atoms with Gasteiger partial charge in [-0.15, -0.1) is 0 Å². The molecule has 0 aliphatic rings. The normalized spacial score (nSPS) is 12.3. The highest BCUT2D eigenvalue weighted by atomic mass is 16.1. The molecule has 0 aliphatic carbocycles. The lowest BCUT2D eigenvalue weighted by Gasteiger charge is -2.13. The highest BCUT2D eigenvalue weighted by molar-refractivity contribution is 5.97. The highest BCUT2D eigenvalue weighted by Gasteiger charge is 2.13. The molecular formula is C16H21N3O. The molecule has 106 valence electrons. The SMILES string of the molecule is CCCCN/C=C(/C#N)C(=O)NC(C)c1ccccc1. The number of carbonyl (C=O) groups is 1. The summed E-state index contributed by atoms with van der Waals surface area (Å²) in [5, 5.41) is 14.8. The molecule has 0 saturated heterocycles. The van der Waals surface area contributed by atoms with E-state index in [0.29, 0.717) is 0 Å². The predicted octanol–water partition coefficient (Wildman–Crippen LogP) is 2.66. The zero-order valence-electron chi connectivity index (χ0n) is 12.0. The summed E-state index contributed by atoms with van der Waals surface area (Å²) >= 11 is 0. The van der Waals surface area contributed by atoms with Gasteiger partial charge >= 0.3 is 0 Å². The van der Waals surface area contributed by atoms with Crippen LogP contribution in [0.5, 0.6) is 0 Å². The third kappa shape index (κ3) is 5.15. The Morgan fingerprint density at radius 2 is 2.10 bits per heavy atom. The van der Waals surface area contributed by atoms with Crippen LogP contribution in [0.15, 0.2) is 42.1 Å². The van der Waals surface area contributed by atoms with E-state index in [-0.39, 0.29) is 17.5 Å². The second-order valence-corrected chi connectivity index (χ2v) is 4.58. The minimum atomic E-state index is -0.354. The molecule has 0 fully saturated rings. The van der Waals surface area contributed by atoms with Crippen molar-refractivity contribution in [2.24, 2.45) is 0 Å². The maximum atomic E-state index is 12.0. The summed E-state index contributed by atoms with van der Waals surface area (Å²) in [4.78, 5) is 12.0. The lowest BCUT2D eigenvalue weighted by molar-refractivity contribution is -0.117. The molecule has 0 radical (unpaired) electrons. The van der Waals surface area contributed by atoms with Crippen molar-refractivity contribution in [1.29, 1.82) is 5.26 Å². The minimum Gasteiger partial charge on any atom is -0.390 e. The Labute approximate surface area is 120 Å². The van der Waals surface area contributed by atoms with Gasteiger partial charge in [0.25, 0.3) is 5.91 Å². The number of nitrogens with one attached hydrogen (secondary N) is 2. The number of benzene rings is 1. The second-order valence-electron chi connectivity index (χ2n) is 4.58. The predicted molar refractivity (Wildman–Crippen MR) is 79.6 cm³/mol. The Balaban J connectivity index is 2.57. The van der Waals surface area contributed by atoms with Crippen LogP contribution in [0.25, 0.3) is 0 Å². The van der Waals surface area contributed by atoms with Gasteiger partial charge in [-0.25, -0.2) is 0 Å². The average Bonchev–Trinajstić information content (AvgIpc) is 2.48. The van der Waals surface area contributed by atoms with Gasteiger partial charge in [0, 0.05) is 12.7 Å². The molecule has 4 nitrogen and oxygen atoms in total. The summed E-state index contributed by atoms with van der Waals surface area (Å²) in [6.45, 7) is 4.75. The van der Waals surface area contributed by atoms with Crippen LogP contribution in [0.3, 0.4) is 0 Å². The summed E-state index contributed by atoms with van der Waals surface area (Å²) in [6, 6.07) is 11.5. The van der Waals surface area contributed by atoms with E-state index in [2.05, 4.69) is 17.6 Å². The molecule has 1 amide bonds. The Morgan fingerprint density at radius 3 is 2.70 bits per heavy atom. The summed E-state index contributed by atoms with van der Waals surface area (Å²) in [5.74, 6) is -0.354. The van der Waals surface area contributed by atoms with E-state index in [1.54, 1.807) is 0 Å². The monoisotopic (exact) mass is 271 g/mol. The quantitative estimate of drug-likeness (QED) is 0.455. The molecule has 1 rings (SSSR count). The standard InChI is InChI=1S/C16H21N3O/c1-3-4-10-18-12-15(11-17)16(20)19-13(2)14-8-6-5-7-9-14/h5-9,12-13,18H,3-4,10H2,1-2H3,(H,19,20)/b15-12-. The van der Waals surface area contributed by atoms with Crippen molar-refractivity contribution in [2.45, 2.75) is 32.7 Å². The van der Waals surface area contributed by atoms with E-state index in [0.717, 1.165) is 24.9 Å². The molecule has 0 spiro atoms. The van der Waals surface area contributed by atoms with Gasteiger partial charge in [-0.1, -0.05) is 43.7 Å².